The summed E-state index contributed by atoms with van der Waals surface area (Å²) in [7, 11) is 0. The highest BCUT2D eigenvalue weighted by Gasteiger charge is 2.36. The summed E-state index contributed by atoms with van der Waals surface area (Å²) in [5.41, 5.74) is 7.15. The van der Waals surface area contributed by atoms with Crippen molar-refractivity contribution in [3.63, 3.8) is 0 Å². The summed E-state index contributed by atoms with van der Waals surface area (Å²) in [6, 6.07) is 16.4. The first kappa shape index (κ1) is 32.7. The van der Waals surface area contributed by atoms with Crippen LogP contribution in [-0.4, -0.2) is 98.5 Å². The fraction of sp³-hybridized carbons (Fsp3) is 0.405. The molecule has 3 aliphatic rings. The quantitative estimate of drug-likeness (QED) is 0.201. The number of ether oxygens (including phenoxy) is 2. The molecule has 49 heavy (non-hydrogen) atoms. The summed E-state index contributed by atoms with van der Waals surface area (Å²) in [5, 5.41) is 10.2. The number of carbonyl (C=O) groups is 1. The van der Waals surface area contributed by atoms with Crippen molar-refractivity contribution in [2.24, 2.45) is 0 Å². The number of piperazine rings is 1. The Hall–Kier alpha value is -4.83. The van der Waals surface area contributed by atoms with Gasteiger partial charge in [0.05, 0.1) is 19.3 Å². The van der Waals surface area contributed by atoms with Crippen LogP contribution in [0.3, 0.4) is 0 Å². The van der Waals surface area contributed by atoms with E-state index in [9.17, 15) is 10.1 Å². The van der Waals surface area contributed by atoms with E-state index in [1.54, 1.807) is 41.6 Å². The molecule has 0 radical (unpaired) electrons. The maximum atomic E-state index is 15.7. The molecule has 12 heteroatoms. The van der Waals surface area contributed by atoms with Crippen LogP contribution in [0, 0.1) is 17.1 Å². The van der Waals surface area contributed by atoms with Crippen LogP contribution in [0.4, 0.5) is 10.2 Å². The molecular formula is C37H41FN8O3. The van der Waals surface area contributed by atoms with E-state index in [0.29, 0.717) is 47.5 Å². The number of hydrogen-bond donors (Lipinski definition) is 1. The van der Waals surface area contributed by atoms with E-state index >= 15 is 4.39 Å². The number of nitrogens with zero attached hydrogens (tertiary/aromatic N) is 7. The molecule has 1 amide bonds. The third-order valence-corrected chi connectivity index (χ3v) is 10.0. The molecule has 2 aromatic carbocycles. The molecule has 0 unspecified atom stereocenters. The van der Waals surface area contributed by atoms with Gasteiger partial charge in [-0.3, -0.25) is 19.0 Å². The number of nitriles is 1. The SMILES string of the molecule is CC(C)(C=C(C#N)C(=O)N1CCC[C@H]1Cc1nc(-c2ccc(Oc3ccccc3)cc2F)c2c(N)nccn12)N1CCN(C2COC2)CC1. The number of anilines is 1. The van der Waals surface area contributed by atoms with E-state index < -0.39 is 11.4 Å². The van der Waals surface area contributed by atoms with Gasteiger partial charge in [0.2, 0.25) is 0 Å². The van der Waals surface area contributed by atoms with Crippen molar-refractivity contribution in [1.82, 2.24) is 29.1 Å². The van der Waals surface area contributed by atoms with Crippen molar-refractivity contribution < 1.29 is 18.7 Å². The molecule has 2 N–H and O–H groups in total. The third-order valence-electron chi connectivity index (χ3n) is 10.0. The first-order valence-electron chi connectivity index (χ1n) is 16.9. The number of hydrogen-bond acceptors (Lipinski definition) is 9. The summed E-state index contributed by atoms with van der Waals surface area (Å²) in [6.07, 6.45) is 7.14. The normalized spacial score (nSPS) is 19.6. The monoisotopic (exact) mass is 664 g/mol. The van der Waals surface area contributed by atoms with Crippen LogP contribution < -0.4 is 10.5 Å². The Kier molecular flexibility index (Phi) is 9.07. The summed E-state index contributed by atoms with van der Waals surface area (Å²) in [6.45, 7) is 9.85. The zero-order valence-corrected chi connectivity index (χ0v) is 27.9. The Morgan fingerprint density at radius 3 is 2.59 bits per heavy atom. The highest BCUT2D eigenvalue weighted by molar-refractivity contribution is 5.98. The number of likely N-dealkylation sites (tertiary alicyclic amines) is 1. The fourth-order valence-corrected chi connectivity index (χ4v) is 7.20. The maximum absolute atomic E-state index is 15.7. The van der Waals surface area contributed by atoms with Crippen LogP contribution in [-0.2, 0) is 16.0 Å². The number of nitrogens with two attached hydrogens (primary N) is 1. The third kappa shape index (κ3) is 6.62. The van der Waals surface area contributed by atoms with Crippen LogP contribution in [0.1, 0.15) is 32.5 Å². The van der Waals surface area contributed by atoms with E-state index in [2.05, 4.69) is 34.7 Å². The maximum Gasteiger partial charge on any atom is 0.264 e. The number of amides is 1. The molecule has 7 rings (SSSR count). The fourth-order valence-electron chi connectivity index (χ4n) is 7.20. The van der Waals surface area contributed by atoms with Crippen molar-refractivity contribution in [3.8, 4) is 28.8 Å². The predicted octanol–water partition coefficient (Wildman–Crippen LogP) is 4.69. The average molecular weight is 665 g/mol. The summed E-state index contributed by atoms with van der Waals surface area (Å²) in [5.74, 6) is 1.03. The van der Waals surface area contributed by atoms with E-state index in [1.807, 2.05) is 28.7 Å². The Balaban J connectivity index is 1.11. The zero-order chi connectivity index (χ0) is 34.1. The second-order valence-corrected chi connectivity index (χ2v) is 13.5. The van der Waals surface area contributed by atoms with Gasteiger partial charge < -0.3 is 20.1 Å². The lowest BCUT2D eigenvalue weighted by Gasteiger charge is -2.46. The summed E-state index contributed by atoms with van der Waals surface area (Å²) in [4.78, 5) is 29.7. The topological polar surface area (TPSA) is 125 Å². The van der Waals surface area contributed by atoms with Crippen molar-refractivity contribution in [3.05, 3.63) is 84.2 Å². The van der Waals surface area contributed by atoms with Crippen LogP contribution >= 0.6 is 0 Å². The standard InChI is InChI=1S/C37H41FN8O3/c1-37(2,44-17-15-43(16-18-44)27-23-48-24-27)21-25(22-39)36(47)45-13-6-7-26(45)19-32-42-33(34-35(40)41-12-14-46(32)34)30-11-10-29(20-31(30)38)49-28-8-4-3-5-9-28/h3-5,8-12,14,20-21,26-27H,6-7,13,15-19,23-24H2,1-2H3,(H2,40,41)/t26-/m0/s1. The molecule has 3 fully saturated rings. The smallest absolute Gasteiger partial charge is 0.264 e. The molecule has 254 valence electrons. The molecule has 2 aromatic heterocycles. The lowest BCUT2D eigenvalue weighted by atomic mass is 9.97. The first-order valence-corrected chi connectivity index (χ1v) is 16.9. The number of aromatic nitrogens is 3. The van der Waals surface area contributed by atoms with Gasteiger partial charge in [0, 0.05) is 74.7 Å². The van der Waals surface area contributed by atoms with Crippen molar-refractivity contribution in [1.29, 1.82) is 5.26 Å². The van der Waals surface area contributed by atoms with Crippen molar-refractivity contribution in [2.45, 2.75) is 50.7 Å². The molecule has 0 bridgehead atoms. The number of carbonyl (C=O) groups excluding carboxylic acids is 1. The second kappa shape index (κ2) is 13.6. The molecule has 1 atom stereocenters. The number of nitrogen functional groups attached to an aromatic ring is 1. The van der Waals surface area contributed by atoms with Crippen LogP contribution in [0.15, 0.2) is 72.6 Å². The molecular weight excluding hydrogens is 623 g/mol. The predicted molar refractivity (Wildman–Crippen MR) is 183 cm³/mol. The first-order chi connectivity index (χ1) is 23.7. The summed E-state index contributed by atoms with van der Waals surface area (Å²) >= 11 is 0. The molecule has 4 aromatic rings. The number of imidazole rings is 1. The molecule has 0 spiro atoms. The van der Waals surface area contributed by atoms with Crippen LogP contribution in [0.25, 0.3) is 16.8 Å². The van der Waals surface area contributed by atoms with Crippen LogP contribution in [0.5, 0.6) is 11.5 Å². The van der Waals surface area contributed by atoms with E-state index in [-0.39, 0.29) is 28.9 Å². The zero-order valence-electron chi connectivity index (χ0n) is 27.9. The van der Waals surface area contributed by atoms with Crippen molar-refractivity contribution in [2.75, 3.05) is 51.7 Å². The molecule has 11 nitrogen and oxygen atoms in total. The van der Waals surface area contributed by atoms with Gasteiger partial charge in [0.15, 0.2) is 0 Å². The minimum Gasteiger partial charge on any atom is -0.457 e. The number of benzene rings is 2. The molecule has 0 aliphatic carbocycles. The number of para-hydroxylation sites is 1. The number of rotatable bonds is 9. The van der Waals surface area contributed by atoms with E-state index in [0.717, 1.165) is 52.2 Å². The summed E-state index contributed by atoms with van der Waals surface area (Å²) < 4.78 is 28.7. The van der Waals surface area contributed by atoms with Gasteiger partial charge in [0.25, 0.3) is 5.91 Å². The second-order valence-electron chi connectivity index (χ2n) is 13.5. The van der Waals surface area contributed by atoms with E-state index in [1.165, 1.54) is 6.07 Å². The molecule has 3 saturated heterocycles. The van der Waals surface area contributed by atoms with E-state index in [4.69, 9.17) is 20.2 Å². The Bertz CT molecular complexity index is 1910. The van der Waals surface area contributed by atoms with Gasteiger partial charge in [-0.25, -0.2) is 14.4 Å². The molecule has 5 heterocycles. The van der Waals surface area contributed by atoms with Gasteiger partial charge >= 0.3 is 0 Å². The minimum absolute atomic E-state index is 0.147. The molecule has 3 aliphatic heterocycles. The highest BCUT2D eigenvalue weighted by Crippen LogP contribution is 2.34. The van der Waals surface area contributed by atoms with Gasteiger partial charge in [0.1, 0.15) is 51.8 Å². The Morgan fingerprint density at radius 2 is 1.90 bits per heavy atom. The van der Waals surface area contributed by atoms with Gasteiger partial charge in [-0.2, -0.15) is 5.26 Å². The van der Waals surface area contributed by atoms with Crippen molar-refractivity contribution >= 4 is 17.2 Å². The largest absolute Gasteiger partial charge is 0.457 e. The van der Waals surface area contributed by atoms with Crippen LogP contribution in [0.2, 0.25) is 0 Å². The number of halogens is 1. The van der Waals surface area contributed by atoms with Gasteiger partial charge in [-0.05, 0) is 57.0 Å². The number of fused-ring (bicyclic) bond motifs is 1. The lowest BCUT2D eigenvalue weighted by Crippen LogP contribution is -2.59. The Morgan fingerprint density at radius 1 is 1.12 bits per heavy atom. The lowest BCUT2D eigenvalue weighted by molar-refractivity contribution is -0.127. The van der Waals surface area contributed by atoms with Gasteiger partial charge in [-0.15, -0.1) is 0 Å². The van der Waals surface area contributed by atoms with Gasteiger partial charge in [-0.1, -0.05) is 18.2 Å². The Labute approximate surface area is 285 Å². The average Bonchev–Trinajstić information content (AvgIpc) is 3.69. The molecule has 0 saturated carbocycles. The highest BCUT2D eigenvalue weighted by atomic mass is 19.1. The minimum atomic E-state index is -0.509.